The van der Waals surface area contributed by atoms with Crippen LogP contribution in [0.4, 0.5) is 0 Å². The summed E-state index contributed by atoms with van der Waals surface area (Å²) in [5.74, 6) is 0. The predicted octanol–water partition coefficient (Wildman–Crippen LogP) is 3.49. The van der Waals surface area contributed by atoms with Gasteiger partial charge >= 0.3 is 0 Å². The fraction of sp³-hybridized carbons (Fsp3) is 0.667. The number of hydrogen-bond acceptors (Lipinski definition) is 2. The van der Waals surface area contributed by atoms with Crippen LogP contribution in [-0.4, -0.2) is 12.6 Å². The zero-order valence-electron chi connectivity index (χ0n) is 12.5. The summed E-state index contributed by atoms with van der Waals surface area (Å²) in [6.07, 6.45) is 11.9. The van der Waals surface area contributed by atoms with E-state index in [9.17, 15) is 0 Å². The lowest BCUT2D eigenvalue weighted by atomic mass is 9.75. The van der Waals surface area contributed by atoms with E-state index in [-0.39, 0.29) is 5.54 Å². The normalized spacial score (nSPS) is 27.9. The average Bonchev–Trinajstić information content (AvgIpc) is 2.76. The van der Waals surface area contributed by atoms with Crippen molar-refractivity contribution in [2.24, 2.45) is 5.73 Å². The molecule has 0 radical (unpaired) electrons. The molecule has 3 rings (SSSR count). The van der Waals surface area contributed by atoms with Crippen LogP contribution < -0.4 is 11.1 Å². The highest BCUT2D eigenvalue weighted by Gasteiger charge is 2.36. The Morgan fingerprint density at radius 1 is 1.05 bits per heavy atom. The number of aryl methyl sites for hydroxylation is 1. The van der Waals surface area contributed by atoms with Crippen LogP contribution in [0.2, 0.25) is 0 Å². The van der Waals surface area contributed by atoms with E-state index in [0.717, 1.165) is 6.54 Å². The summed E-state index contributed by atoms with van der Waals surface area (Å²) in [7, 11) is 0. The van der Waals surface area contributed by atoms with Gasteiger partial charge in [0.1, 0.15) is 0 Å². The molecular formula is C18H28N2. The molecule has 1 saturated carbocycles. The molecule has 2 heteroatoms. The Bertz CT molecular complexity index is 435. The molecule has 0 aliphatic heterocycles. The molecule has 0 bridgehead atoms. The first-order chi connectivity index (χ1) is 9.84. The SMILES string of the molecule is NCC1(NC2CCCCCC2)CCCc2ccccc21. The molecule has 0 heterocycles. The number of hydrogen-bond donors (Lipinski definition) is 2. The third-order valence-electron chi connectivity index (χ3n) is 5.27. The van der Waals surface area contributed by atoms with Crippen LogP contribution in [0.5, 0.6) is 0 Å². The fourth-order valence-electron chi connectivity index (χ4n) is 4.16. The highest BCUT2D eigenvalue weighted by atomic mass is 15.0. The molecule has 0 spiro atoms. The van der Waals surface area contributed by atoms with Gasteiger partial charge in [-0.15, -0.1) is 0 Å². The highest BCUT2D eigenvalue weighted by Crippen LogP contribution is 2.36. The molecule has 1 aromatic rings. The molecule has 0 saturated heterocycles. The van der Waals surface area contributed by atoms with Gasteiger partial charge < -0.3 is 11.1 Å². The maximum absolute atomic E-state index is 6.25. The Morgan fingerprint density at radius 3 is 2.55 bits per heavy atom. The van der Waals surface area contributed by atoms with Crippen molar-refractivity contribution in [1.82, 2.24) is 5.32 Å². The Hall–Kier alpha value is -0.860. The van der Waals surface area contributed by atoms with E-state index >= 15 is 0 Å². The van der Waals surface area contributed by atoms with E-state index in [1.165, 1.54) is 68.9 Å². The number of nitrogens with one attached hydrogen (secondary N) is 1. The third kappa shape index (κ3) is 2.77. The van der Waals surface area contributed by atoms with E-state index < -0.39 is 0 Å². The number of rotatable bonds is 3. The molecule has 0 amide bonds. The number of nitrogens with two attached hydrogens (primary N) is 1. The molecule has 1 unspecified atom stereocenters. The molecule has 2 aliphatic rings. The Labute approximate surface area is 123 Å². The first-order valence-electron chi connectivity index (χ1n) is 8.40. The third-order valence-corrected chi connectivity index (χ3v) is 5.27. The van der Waals surface area contributed by atoms with E-state index in [4.69, 9.17) is 5.73 Å². The molecular weight excluding hydrogens is 244 g/mol. The molecule has 110 valence electrons. The number of fused-ring (bicyclic) bond motifs is 1. The van der Waals surface area contributed by atoms with Gasteiger partial charge in [-0.3, -0.25) is 0 Å². The molecule has 0 aromatic heterocycles. The monoisotopic (exact) mass is 272 g/mol. The van der Waals surface area contributed by atoms with Crippen molar-refractivity contribution in [2.45, 2.75) is 69.4 Å². The first-order valence-corrected chi connectivity index (χ1v) is 8.40. The molecule has 2 aliphatic carbocycles. The van der Waals surface area contributed by atoms with Gasteiger partial charge in [-0.1, -0.05) is 49.9 Å². The molecule has 2 nitrogen and oxygen atoms in total. The van der Waals surface area contributed by atoms with Gasteiger partial charge in [-0.2, -0.15) is 0 Å². The summed E-state index contributed by atoms with van der Waals surface area (Å²) < 4.78 is 0. The Kier molecular flexibility index (Phi) is 4.42. The summed E-state index contributed by atoms with van der Waals surface area (Å²) in [6.45, 7) is 0.723. The van der Waals surface area contributed by atoms with Gasteiger partial charge in [0.15, 0.2) is 0 Å². The van der Waals surface area contributed by atoms with Crippen molar-refractivity contribution < 1.29 is 0 Å². The predicted molar refractivity (Wildman–Crippen MR) is 84.7 cm³/mol. The van der Waals surface area contributed by atoms with Crippen molar-refractivity contribution in [3.05, 3.63) is 35.4 Å². The summed E-state index contributed by atoms with van der Waals surface area (Å²) in [6, 6.07) is 9.58. The van der Waals surface area contributed by atoms with Crippen molar-refractivity contribution >= 4 is 0 Å². The molecule has 3 N–H and O–H groups in total. The van der Waals surface area contributed by atoms with Crippen LogP contribution in [0.25, 0.3) is 0 Å². The largest absolute Gasteiger partial charge is 0.328 e. The van der Waals surface area contributed by atoms with Gasteiger partial charge in [0.05, 0.1) is 5.54 Å². The summed E-state index contributed by atoms with van der Waals surface area (Å²) in [5, 5.41) is 3.99. The van der Waals surface area contributed by atoms with Gasteiger partial charge in [0, 0.05) is 12.6 Å². The molecule has 1 atom stereocenters. The summed E-state index contributed by atoms with van der Waals surface area (Å²) in [5.41, 5.74) is 9.25. The second-order valence-corrected chi connectivity index (χ2v) is 6.63. The summed E-state index contributed by atoms with van der Waals surface area (Å²) in [4.78, 5) is 0. The van der Waals surface area contributed by atoms with Crippen molar-refractivity contribution in [2.75, 3.05) is 6.54 Å². The zero-order valence-corrected chi connectivity index (χ0v) is 12.5. The second kappa shape index (κ2) is 6.28. The molecule has 1 aromatic carbocycles. The van der Waals surface area contributed by atoms with Crippen LogP contribution in [0.3, 0.4) is 0 Å². The lowest BCUT2D eigenvalue weighted by Gasteiger charge is -2.42. The maximum atomic E-state index is 6.25. The van der Waals surface area contributed by atoms with E-state index in [0.29, 0.717) is 6.04 Å². The van der Waals surface area contributed by atoms with E-state index in [1.54, 1.807) is 0 Å². The standard InChI is InChI=1S/C18H28N2/c19-14-18(20-16-10-3-1-2-4-11-16)13-7-9-15-8-5-6-12-17(15)18/h5-6,8,12,16,20H,1-4,7,9-11,13-14,19H2. The molecule has 1 fully saturated rings. The molecule has 20 heavy (non-hydrogen) atoms. The van der Waals surface area contributed by atoms with Gasteiger partial charge in [0.2, 0.25) is 0 Å². The van der Waals surface area contributed by atoms with Gasteiger partial charge in [0.25, 0.3) is 0 Å². The quantitative estimate of drug-likeness (QED) is 0.827. The average molecular weight is 272 g/mol. The smallest absolute Gasteiger partial charge is 0.0563 e. The second-order valence-electron chi connectivity index (χ2n) is 6.63. The van der Waals surface area contributed by atoms with Crippen molar-refractivity contribution in [3.63, 3.8) is 0 Å². The minimum atomic E-state index is 0.0316. The highest BCUT2D eigenvalue weighted by molar-refractivity contribution is 5.36. The zero-order chi connectivity index (χ0) is 13.8. The van der Waals surface area contributed by atoms with E-state index in [2.05, 4.69) is 29.6 Å². The van der Waals surface area contributed by atoms with Crippen LogP contribution in [0, 0.1) is 0 Å². The van der Waals surface area contributed by atoms with Crippen LogP contribution in [-0.2, 0) is 12.0 Å². The minimum Gasteiger partial charge on any atom is -0.328 e. The Balaban J connectivity index is 1.84. The van der Waals surface area contributed by atoms with Crippen LogP contribution >= 0.6 is 0 Å². The van der Waals surface area contributed by atoms with Crippen LogP contribution in [0.15, 0.2) is 24.3 Å². The van der Waals surface area contributed by atoms with Crippen LogP contribution in [0.1, 0.15) is 62.5 Å². The topological polar surface area (TPSA) is 38.0 Å². The lowest BCUT2D eigenvalue weighted by Crippen LogP contribution is -2.54. The first kappa shape index (κ1) is 14.1. The maximum Gasteiger partial charge on any atom is 0.0563 e. The van der Waals surface area contributed by atoms with Gasteiger partial charge in [-0.25, -0.2) is 0 Å². The summed E-state index contributed by atoms with van der Waals surface area (Å²) >= 11 is 0. The van der Waals surface area contributed by atoms with Gasteiger partial charge in [-0.05, 0) is 43.2 Å². The van der Waals surface area contributed by atoms with Crippen molar-refractivity contribution in [3.8, 4) is 0 Å². The lowest BCUT2D eigenvalue weighted by molar-refractivity contribution is 0.245. The van der Waals surface area contributed by atoms with E-state index in [1.807, 2.05) is 0 Å². The fourth-order valence-corrected chi connectivity index (χ4v) is 4.16. The Morgan fingerprint density at radius 2 is 1.80 bits per heavy atom. The van der Waals surface area contributed by atoms with Crippen molar-refractivity contribution in [1.29, 1.82) is 0 Å². The number of benzene rings is 1. The minimum absolute atomic E-state index is 0.0316.